The molecule has 0 fully saturated rings. The monoisotopic (exact) mass is 252 g/mol. The highest BCUT2D eigenvalue weighted by Crippen LogP contribution is 2.39. The topological polar surface area (TPSA) is 38.0 Å². The Kier molecular flexibility index (Phi) is 3.85. The highest BCUT2D eigenvalue weighted by Gasteiger charge is 2.33. The lowest BCUT2D eigenvalue weighted by atomic mass is 9.79. The first-order valence-electron chi connectivity index (χ1n) is 6.75. The molecular weight excluding hydrogens is 224 g/mol. The average molecular weight is 252 g/mol. The van der Waals surface area contributed by atoms with Crippen LogP contribution in [0.4, 0.5) is 0 Å². The fraction of sp³-hybridized carbons (Fsp3) is 0.800. The number of rotatable bonds is 2. The molecule has 0 aliphatic heterocycles. The average Bonchev–Trinajstić information content (AvgIpc) is 2.41. The van der Waals surface area contributed by atoms with Crippen LogP contribution in [0.3, 0.4) is 0 Å². The molecule has 104 valence electrons. The minimum Gasteiger partial charge on any atom is -0.493 e. The minimum absolute atomic E-state index is 0.0533. The second kappa shape index (κ2) is 4.60. The number of hydrogen-bond acceptors (Lipinski definition) is 2. The van der Waals surface area contributed by atoms with Crippen LogP contribution < -0.4 is 0 Å². The van der Waals surface area contributed by atoms with E-state index in [1.165, 1.54) is 0 Å². The zero-order valence-corrected chi connectivity index (χ0v) is 13.1. The van der Waals surface area contributed by atoms with Crippen molar-refractivity contribution in [2.45, 2.75) is 72.8 Å². The first-order valence-corrected chi connectivity index (χ1v) is 6.75. The van der Waals surface area contributed by atoms with Crippen molar-refractivity contribution in [3.63, 3.8) is 0 Å². The molecule has 0 unspecified atom stereocenters. The highest BCUT2D eigenvalue weighted by molar-refractivity contribution is 5.40. The van der Waals surface area contributed by atoms with E-state index < -0.39 is 0 Å². The molecule has 0 bridgehead atoms. The van der Waals surface area contributed by atoms with Gasteiger partial charge in [-0.1, -0.05) is 55.4 Å². The van der Waals surface area contributed by atoms with E-state index in [1.807, 2.05) is 0 Å². The molecule has 0 spiro atoms. The van der Waals surface area contributed by atoms with Gasteiger partial charge in [0.05, 0.1) is 5.69 Å². The standard InChI is InChI=1S/C15H28N2O/c1-10(2)9-17-13(18)11(14(3,4)5)12(16-17)15(6,7)8/h10,18H,9H2,1-8H3. The van der Waals surface area contributed by atoms with Crippen LogP contribution in [-0.2, 0) is 17.4 Å². The van der Waals surface area contributed by atoms with Gasteiger partial charge in [0.15, 0.2) is 0 Å². The second-order valence-corrected chi connectivity index (χ2v) is 7.62. The Labute approximate surface area is 111 Å². The van der Waals surface area contributed by atoms with E-state index >= 15 is 0 Å². The molecule has 0 aromatic carbocycles. The van der Waals surface area contributed by atoms with E-state index in [9.17, 15) is 5.11 Å². The molecule has 0 saturated heterocycles. The molecule has 0 aliphatic rings. The summed E-state index contributed by atoms with van der Waals surface area (Å²) >= 11 is 0. The van der Waals surface area contributed by atoms with E-state index in [4.69, 9.17) is 0 Å². The van der Waals surface area contributed by atoms with Gasteiger partial charge in [-0.15, -0.1) is 0 Å². The van der Waals surface area contributed by atoms with Gasteiger partial charge in [0.1, 0.15) is 0 Å². The molecule has 1 aromatic heterocycles. The van der Waals surface area contributed by atoms with Crippen LogP contribution in [0.1, 0.15) is 66.6 Å². The van der Waals surface area contributed by atoms with Crippen LogP contribution >= 0.6 is 0 Å². The Morgan fingerprint density at radius 2 is 1.56 bits per heavy atom. The molecule has 18 heavy (non-hydrogen) atoms. The van der Waals surface area contributed by atoms with Crippen LogP contribution in [0.5, 0.6) is 5.88 Å². The van der Waals surface area contributed by atoms with Gasteiger partial charge in [0, 0.05) is 17.5 Å². The van der Waals surface area contributed by atoms with Crippen molar-refractivity contribution in [1.82, 2.24) is 9.78 Å². The van der Waals surface area contributed by atoms with Gasteiger partial charge >= 0.3 is 0 Å². The lowest BCUT2D eigenvalue weighted by Crippen LogP contribution is -2.21. The summed E-state index contributed by atoms with van der Waals surface area (Å²) in [5, 5.41) is 15.1. The van der Waals surface area contributed by atoms with Crippen molar-refractivity contribution < 1.29 is 5.11 Å². The van der Waals surface area contributed by atoms with E-state index in [-0.39, 0.29) is 10.8 Å². The van der Waals surface area contributed by atoms with Crippen molar-refractivity contribution in [2.75, 3.05) is 0 Å². The van der Waals surface area contributed by atoms with Crippen LogP contribution in [0, 0.1) is 5.92 Å². The van der Waals surface area contributed by atoms with Crippen LogP contribution in [0.15, 0.2) is 0 Å². The lowest BCUT2D eigenvalue weighted by Gasteiger charge is -2.24. The fourth-order valence-electron chi connectivity index (χ4n) is 2.14. The molecular formula is C15H28N2O. The molecule has 1 rings (SSSR count). The van der Waals surface area contributed by atoms with Crippen molar-refractivity contribution in [3.8, 4) is 5.88 Å². The number of nitrogens with zero attached hydrogens (tertiary/aromatic N) is 2. The Hall–Kier alpha value is -0.990. The number of aromatic nitrogens is 2. The molecule has 0 amide bonds. The maximum absolute atomic E-state index is 10.5. The molecule has 3 nitrogen and oxygen atoms in total. The maximum Gasteiger partial charge on any atom is 0.213 e. The largest absolute Gasteiger partial charge is 0.493 e. The summed E-state index contributed by atoms with van der Waals surface area (Å²) in [6, 6.07) is 0. The zero-order chi connectivity index (χ0) is 14.3. The van der Waals surface area contributed by atoms with Crippen molar-refractivity contribution in [1.29, 1.82) is 0 Å². The van der Waals surface area contributed by atoms with Gasteiger partial charge in [-0.2, -0.15) is 5.10 Å². The molecule has 0 atom stereocenters. The molecule has 1 heterocycles. The summed E-state index contributed by atoms with van der Waals surface area (Å²) < 4.78 is 1.76. The summed E-state index contributed by atoms with van der Waals surface area (Å²) in [4.78, 5) is 0. The van der Waals surface area contributed by atoms with Gasteiger partial charge in [0.2, 0.25) is 5.88 Å². The SMILES string of the molecule is CC(C)Cn1nc(C(C)(C)C)c(C(C)(C)C)c1O. The second-order valence-electron chi connectivity index (χ2n) is 7.62. The maximum atomic E-state index is 10.5. The first kappa shape index (κ1) is 15.1. The van der Waals surface area contributed by atoms with Gasteiger partial charge in [-0.05, 0) is 11.3 Å². The van der Waals surface area contributed by atoms with E-state index in [0.29, 0.717) is 11.8 Å². The predicted octanol–water partition coefficient (Wildman–Crippen LogP) is 3.84. The minimum atomic E-state index is -0.0953. The predicted molar refractivity (Wildman–Crippen MR) is 76.1 cm³/mol. The van der Waals surface area contributed by atoms with Crippen LogP contribution in [0.2, 0.25) is 0 Å². The zero-order valence-electron chi connectivity index (χ0n) is 13.1. The van der Waals surface area contributed by atoms with E-state index in [2.05, 4.69) is 60.5 Å². The summed E-state index contributed by atoms with van der Waals surface area (Å²) in [7, 11) is 0. The quantitative estimate of drug-likeness (QED) is 0.868. The Bertz CT molecular complexity index is 417. The van der Waals surface area contributed by atoms with Crippen LogP contribution in [-0.4, -0.2) is 14.9 Å². The van der Waals surface area contributed by atoms with Crippen molar-refractivity contribution in [3.05, 3.63) is 11.3 Å². The van der Waals surface area contributed by atoms with Crippen molar-refractivity contribution in [2.24, 2.45) is 5.92 Å². The normalized spacial score (nSPS) is 13.4. The molecule has 0 saturated carbocycles. The van der Waals surface area contributed by atoms with Gasteiger partial charge < -0.3 is 5.11 Å². The number of aromatic hydroxyl groups is 1. The van der Waals surface area contributed by atoms with Gasteiger partial charge in [-0.3, -0.25) is 0 Å². The van der Waals surface area contributed by atoms with Crippen LogP contribution in [0.25, 0.3) is 0 Å². The Morgan fingerprint density at radius 1 is 1.06 bits per heavy atom. The summed E-state index contributed by atoms with van der Waals surface area (Å²) in [6.07, 6.45) is 0. The summed E-state index contributed by atoms with van der Waals surface area (Å²) in [6.45, 7) is 17.8. The van der Waals surface area contributed by atoms with E-state index in [1.54, 1.807) is 4.68 Å². The number of hydrogen-bond donors (Lipinski definition) is 1. The third-order valence-electron chi connectivity index (χ3n) is 2.92. The van der Waals surface area contributed by atoms with Gasteiger partial charge in [0.25, 0.3) is 0 Å². The summed E-state index contributed by atoms with van der Waals surface area (Å²) in [5.41, 5.74) is 1.84. The molecule has 1 aromatic rings. The summed E-state index contributed by atoms with van der Waals surface area (Å²) in [5.74, 6) is 0.803. The first-order chi connectivity index (χ1) is 7.94. The molecule has 0 radical (unpaired) electrons. The smallest absolute Gasteiger partial charge is 0.213 e. The van der Waals surface area contributed by atoms with Crippen molar-refractivity contribution >= 4 is 0 Å². The third-order valence-corrected chi connectivity index (χ3v) is 2.92. The molecule has 0 aliphatic carbocycles. The Balaban J connectivity index is 3.42. The Morgan fingerprint density at radius 3 is 1.83 bits per heavy atom. The molecule has 3 heteroatoms. The van der Waals surface area contributed by atoms with E-state index in [0.717, 1.165) is 17.8 Å². The fourth-order valence-corrected chi connectivity index (χ4v) is 2.14. The third kappa shape index (κ3) is 3.06. The lowest BCUT2D eigenvalue weighted by molar-refractivity contribution is 0.361. The highest BCUT2D eigenvalue weighted by atomic mass is 16.3. The molecule has 1 N–H and O–H groups in total. The van der Waals surface area contributed by atoms with Gasteiger partial charge in [-0.25, -0.2) is 4.68 Å².